The monoisotopic (exact) mass is 275 g/mol. The summed E-state index contributed by atoms with van der Waals surface area (Å²) in [6.07, 6.45) is 0.807. The third-order valence-electron chi connectivity index (χ3n) is 2.79. The molecule has 0 atom stereocenters. The normalized spacial score (nSPS) is 10.4. The number of hydrogen-bond donors (Lipinski definition) is 1. The molecule has 0 aliphatic rings. The standard InChI is InChI=1S/C15H17NO2S/c1-3-8-18-15(17)14-12(16)9-13(19-14)11-7-5-4-6-10(11)2/h4-7,9H,3,8,16H2,1-2H3. The fourth-order valence-electron chi connectivity index (χ4n) is 1.81. The van der Waals surface area contributed by atoms with Gasteiger partial charge in [-0.05, 0) is 30.5 Å². The van der Waals surface area contributed by atoms with Crippen LogP contribution in [0.15, 0.2) is 30.3 Å². The Morgan fingerprint density at radius 2 is 2.11 bits per heavy atom. The minimum absolute atomic E-state index is 0.329. The predicted octanol–water partition coefficient (Wildman–Crippen LogP) is 3.87. The zero-order valence-corrected chi connectivity index (χ0v) is 11.9. The second-order valence-corrected chi connectivity index (χ2v) is 5.40. The van der Waals surface area contributed by atoms with Crippen LogP contribution in [0.1, 0.15) is 28.6 Å². The average Bonchev–Trinajstić information content (AvgIpc) is 2.78. The van der Waals surface area contributed by atoms with Crippen molar-refractivity contribution in [3.63, 3.8) is 0 Å². The van der Waals surface area contributed by atoms with Gasteiger partial charge in [0.05, 0.1) is 12.3 Å². The van der Waals surface area contributed by atoms with Crippen molar-refractivity contribution in [2.24, 2.45) is 0 Å². The first kappa shape index (κ1) is 13.6. The molecule has 2 rings (SSSR count). The molecule has 0 saturated heterocycles. The highest BCUT2D eigenvalue weighted by Crippen LogP contribution is 2.35. The highest BCUT2D eigenvalue weighted by Gasteiger charge is 2.17. The van der Waals surface area contributed by atoms with E-state index in [1.54, 1.807) is 0 Å². The Balaban J connectivity index is 2.31. The largest absolute Gasteiger partial charge is 0.461 e. The zero-order valence-electron chi connectivity index (χ0n) is 11.1. The second kappa shape index (κ2) is 5.89. The Morgan fingerprint density at radius 1 is 1.37 bits per heavy atom. The molecule has 3 nitrogen and oxygen atoms in total. The van der Waals surface area contributed by atoms with E-state index in [9.17, 15) is 4.79 Å². The summed E-state index contributed by atoms with van der Waals surface area (Å²) in [6, 6.07) is 9.89. The first-order valence-corrected chi connectivity index (χ1v) is 7.07. The summed E-state index contributed by atoms with van der Waals surface area (Å²) in [7, 11) is 0. The summed E-state index contributed by atoms with van der Waals surface area (Å²) in [6.45, 7) is 4.43. The van der Waals surface area contributed by atoms with Crippen LogP contribution in [-0.2, 0) is 4.74 Å². The van der Waals surface area contributed by atoms with Gasteiger partial charge in [0.15, 0.2) is 0 Å². The van der Waals surface area contributed by atoms with Gasteiger partial charge in [-0.2, -0.15) is 0 Å². The quantitative estimate of drug-likeness (QED) is 0.862. The Morgan fingerprint density at radius 3 is 2.79 bits per heavy atom. The second-order valence-electron chi connectivity index (χ2n) is 4.35. The van der Waals surface area contributed by atoms with Crippen LogP contribution >= 0.6 is 11.3 Å². The molecule has 0 radical (unpaired) electrons. The van der Waals surface area contributed by atoms with E-state index in [1.165, 1.54) is 11.3 Å². The van der Waals surface area contributed by atoms with Crippen molar-refractivity contribution < 1.29 is 9.53 Å². The summed E-state index contributed by atoms with van der Waals surface area (Å²) in [5.74, 6) is -0.329. The number of anilines is 1. The lowest BCUT2D eigenvalue weighted by molar-refractivity contribution is 0.0512. The van der Waals surface area contributed by atoms with E-state index in [0.717, 1.165) is 22.4 Å². The number of aryl methyl sites for hydroxylation is 1. The highest BCUT2D eigenvalue weighted by atomic mass is 32.1. The smallest absolute Gasteiger partial charge is 0.350 e. The van der Waals surface area contributed by atoms with Gasteiger partial charge in [0, 0.05) is 4.88 Å². The molecule has 0 fully saturated rings. The van der Waals surface area contributed by atoms with Crippen LogP contribution in [0.2, 0.25) is 0 Å². The third kappa shape index (κ3) is 2.96. The molecular formula is C15H17NO2S. The lowest BCUT2D eigenvalue weighted by Crippen LogP contribution is -2.05. The van der Waals surface area contributed by atoms with Gasteiger partial charge < -0.3 is 10.5 Å². The predicted molar refractivity (Wildman–Crippen MR) is 79.5 cm³/mol. The van der Waals surface area contributed by atoms with Crippen molar-refractivity contribution in [3.8, 4) is 10.4 Å². The Hall–Kier alpha value is -1.81. The number of rotatable bonds is 4. The summed E-state index contributed by atoms with van der Waals surface area (Å²) in [4.78, 5) is 13.4. The van der Waals surface area contributed by atoms with E-state index in [2.05, 4.69) is 0 Å². The molecule has 2 N–H and O–H groups in total. The Kier molecular flexibility index (Phi) is 4.22. The van der Waals surface area contributed by atoms with Crippen LogP contribution in [0, 0.1) is 6.92 Å². The van der Waals surface area contributed by atoms with Gasteiger partial charge in [0.1, 0.15) is 4.88 Å². The molecule has 2 aromatic rings. The van der Waals surface area contributed by atoms with Crippen LogP contribution in [0.5, 0.6) is 0 Å². The molecule has 19 heavy (non-hydrogen) atoms. The molecule has 1 heterocycles. The molecule has 4 heteroatoms. The number of carbonyl (C=O) groups excluding carboxylic acids is 1. The minimum Gasteiger partial charge on any atom is -0.461 e. The Labute approximate surface area is 117 Å². The van der Waals surface area contributed by atoms with Gasteiger partial charge >= 0.3 is 5.97 Å². The fourth-order valence-corrected chi connectivity index (χ4v) is 2.87. The zero-order chi connectivity index (χ0) is 13.8. The maximum Gasteiger partial charge on any atom is 0.350 e. The van der Waals surface area contributed by atoms with Crippen LogP contribution in [0.25, 0.3) is 10.4 Å². The van der Waals surface area contributed by atoms with Gasteiger partial charge in [-0.3, -0.25) is 0 Å². The first-order chi connectivity index (χ1) is 9.13. The Bertz CT molecular complexity index is 590. The van der Waals surface area contributed by atoms with E-state index in [0.29, 0.717) is 17.2 Å². The van der Waals surface area contributed by atoms with E-state index in [4.69, 9.17) is 10.5 Å². The van der Waals surface area contributed by atoms with Crippen LogP contribution in [0.3, 0.4) is 0 Å². The first-order valence-electron chi connectivity index (χ1n) is 6.26. The summed E-state index contributed by atoms with van der Waals surface area (Å²) in [5, 5.41) is 0. The molecule has 0 unspecified atom stereocenters. The molecule has 1 aromatic heterocycles. The molecule has 0 aliphatic heterocycles. The van der Waals surface area contributed by atoms with Crippen LogP contribution in [-0.4, -0.2) is 12.6 Å². The lowest BCUT2D eigenvalue weighted by Gasteiger charge is -2.02. The molecule has 1 aromatic carbocycles. The number of nitrogen functional groups attached to an aromatic ring is 1. The third-order valence-corrected chi connectivity index (χ3v) is 3.96. The van der Waals surface area contributed by atoms with Gasteiger partial charge in [-0.15, -0.1) is 11.3 Å². The van der Waals surface area contributed by atoms with E-state index in [1.807, 2.05) is 44.2 Å². The fraction of sp³-hybridized carbons (Fsp3) is 0.267. The summed E-state index contributed by atoms with van der Waals surface area (Å²) < 4.78 is 5.13. The number of nitrogens with two attached hydrogens (primary N) is 1. The topological polar surface area (TPSA) is 52.3 Å². The molecule has 100 valence electrons. The average molecular weight is 275 g/mol. The summed E-state index contributed by atoms with van der Waals surface area (Å²) in [5.41, 5.74) is 8.67. The van der Waals surface area contributed by atoms with Crippen molar-refractivity contribution >= 4 is 23.0 Å². The maximum absolute atomic E-state index is 11.9. The molecule has 0 bridgehead atoms. The molecular weight excluding hydrogens is 258 g/mol. The van der Waals surface area contributed by atoms with Gasteiger partial charge in [0.2, 0.25) is 0 Å². The molecule has 0 amide bonds. The van der Waals surface area contributed by atoms with Crippen LogP contribution < -0.4 is 5.73 Å². The van der Waals surface area contributed by atoms with Crippen molar-refractivity contribution in [2.75, 3.05) is 12.3 Å². The van der Waals surface area contributed by atoms with E-state index in [-0.39, 0.29) is 5.97 Å². The number of benzene rings is 1. The van der Waals surface area contributed by atoms with E-state index < -0.39 is 0 Å². The molecule has 0 aliphatic carbocycles. The molecule has 0 saturated carbocycles. The number of esters is 1. The van der Waals surface area contributed by atoms with Crippen molar-refractivity contribution in [1.29, 1.82) is 0 Å². The lowest BCUT2D eigenvalue weighted by atomic mass is 10.1. The van der Waals surface area contributed by atoms with E-state index >= 15 is 0 Å². The maximum atomic E-state index is 11.9. The van der Waals surface area contributed by atoms with Gasteiger partial charge in [-0.1, -0.05) is 31.2 Å². The minimum atomic E-state index is -0.329. The van der Waals surface area contributed by atoms with Crippen LogP contribution in [0.4, 0.5) is 5.69 Å². The number of carbonyl (C=O) groups is 1. The number of ether oxygens (including phenoxy) is 1. The molecule has 0 spiro atoms. The van der Waals surface area contributed by atoms with Gasteiger partial charge in [0.25, 0.3) is 0 Å². The number of hydrogen-bond acceptors (Lipinski definition) is 4. The number of thiophene rings is 1. The highest BCUT2D eigenvalue weighted by molar-refractivity contribution is 7.18. The SMILES string of the molecule is CCCOC(=O)c1sc(-c2ccccc2C)cc1N. The van der Waals surface area contributed by atoms with Crippen molar-refractivity contribution in [1.82, 2.24) is 0 Å². The van der Waals surface area contributed by atoms with Crippen molar-refractivity contribution in [3.05, 3.63) is 40.8 Å². The van der Waals surface area contributed by atoms with Crippen molar-refractivity contribution in [2.45, 2.75) is 20.3 Å². The summed E-state index contributed by atoms with van der Waals surface area (Å²) >= 11 is 1.39. The van der Waals surface area contributed by atoms with Gasteiger partial charge in [-0.25, -0.2) is 4.79 Å².